The van der Waals surface area contributed by atoms with Crippen LogP contribution in [0.2, 0.25) is 10.0 Å². The fourth-order valence-corrected chi connectivity index (χ4v) is 4.20. The maximum Gasteiger partial charge on any atom is 0.180 e. The van der Waals surface area contributed by atoms with Gasteiger partial charge in [0.05, 0.1) is 11.6 Å². The Hall–Kier alpha value is -1.42. The molecule has 0 aliphatic heterocycles. The minimum atomic E-state index is 0.413. The highest BCUT2D eigenvalue weighted by Crippen LogP contribution is 2.37. The summed E-state index contributed by atoms with van der Waals surface area (Å²) in [5.74, 6) is 1.29. The van der Waals surface area contributed by atoms with Gasteiger partial charge in [-0.3, -0.25) is 0 Å². The van der Waals surface area contributed by atoms with Gasteiger partial charge in [0.15, 0.2) is 11.5 Å². The molecule has 158 valence electrons. The number of rotatable bonds is 8. The van der Waals surface area contributed by atoms with Crippen molar-refractivity contribution in [3.05, 3.63) is 57.6 Å². The van der Waals surface area contributed by atoms with E-state index in [0.29, 0.717) is 40.8 Å². The molecule has 29 heavy (non-hydrogen) atoms. The van der Waals surface area contributed by atoms with Crippen LogP contribution in [0, 0.1) is 0 Å². The van der Waals surface area contributed by atoms with Crippen LogP contribution < -0.4 is 14.8 Å². The summed E-state index contributed by atoms with van der Waals surface area (Å²) in [5.41, 5.74) is 2.15. The van der Waals surface area contributed by atoms with Gasteiger partial charge in [0.2, 0.25) is 0 Å². The van der Waals surface area contributed by atoms with Crippen LogP contribution in [0.15, 0.2) is 36.4 Å². The Bertz CT molecular complexity index is 756. The number of hydrogen-bond donors (Lipinski definition) is 1. The summed E-state index contributed by atoms with van der Waals surface area (Å²) >= 11 is 12.5. The van der Waals surface area contributed by atoms with Gasteiger partial charge in [0.25, 0.3) is 0 Å². The van der Waals surface area contributed by atoms with Gasteiger partial charge < -0.3 is 14.8 Å². The van der Waals surface area contributed by atoms with E-state index in [1.807, 2.05) is 43.3 Å². The van der Waals surface area contributed by atoms with Gasteiger partial charge in [0, 0.05) is 17.6 Å². The van der Waals surface area contributed by atoms with Gasteiger partial charge in [-0.15, -0.1) is 0 Å². The van der Waals surface area contributed by atoms with Gasteiger partial charge in [-0.25, -0.2) is 0 Å². The number of benzene rings is 2. The Balaban J connectivity index is 1.65. The fourth-order valence-electron chi connectivity index (χ4n) is 3.79. The Morgan fingerprint density at radius 2 is 1.59 bits per heavy atom. The lowest BCUT2D eigenvalue weighted by Gasteiger charge is -2.22. The molecule has 0 amide bonds. The van der Waals surface area contributed by atoms with Crippen molar-refractivity contribution in [1.29, 1.82) is 0 Å². The number of ether oxygens (including phenoxy) is 2. The molecule has 1 aliphatic rings. The molecule has 0 unspecified atom stereocenters. The van der Waals surface area contributed by atoms with E-state index in [1.54, 1.807) is 0 Å². The summed E-state index contributed by atoms with van der Waals surface area (Å²) < 4.78 is 11.8. The molecule has 2 aromatic carbocycles. The quantitative estimate of drug-likeness (QED) is 0.476. The van der Waals surface area contributed by atoms with Crippen molar-refractivity contribution in [3.63, 3.8) is 0 Å². The van der Waals surface area contributed by atoms with E-state index in [4.69, 9.17) is 32.7 Å². The second kappa shape index (κ2) is 11.7. The highest BCUT2D eigenvalue weighted by molar-refractivity contribution is 6.32. The second-order valence-corrected chi connectivity index (χ2v) is 8.52. The molecule has 1 aliphatic carbocycles. The maximum absolute atomic E-state index is 6.58. The molecule has 1 N–H and O–H groups in total. The van der Waals surface area contributed by atoms with Gasteiger partial charge in [-0.2, -0.15) is 0 Å². The van der Waals surface area contributed by atoms with Crippen LogP contribution >= 0.6 is 23.2 Å². The fraction of sp³-hybridized carbons (Fsp3) is 0.500. The summed E-state index contributed by atoms with van der Waals surface area (Å²) in [6, 6.07) is 12.2. The third kappa shape index (κ3) is 7.09. The van der Waals surface area contributed by atoms with E-state index >= 15 is 0 Å². The summed E-state index contributed by atoms with van der Waals surface area (Å²) in [7, 11) is 0. The Kier molecular flexibility index (Phi) is 8.97. The third-order valence-corrected chi connectivity index (χ3v) is 5.90. The van der Waals surface area contributed by atoms with Gasteiger partial charge >= 0.3 is 0 Å². The Morgan fingerprint density at radius 1 is 0.897 bits per heavy atom. The molecule has 0 bridgehead atoms. The molecule has 0 heterocycles. The first-order valence-electron chi connectivity index (χ1n) is 10.7. The second-order valence-electron chi connectivity index (χ2n) is 7.68. The van der Waals surface area contributed by atoms with Crippen molar-refractivity contribution in [2.45, 2.75) is 71.1 Å². The van der Waals surface area contributed by atoms with Crippen LogP contribution in [-0.4, -0.2) is 12.6 Å². The van der Waals surface area contributed by atoms with E-state index in [2.05, 4.69) is 5.32 Å². The summed E-state index contributed by atoms with van der Waals surface area (Å²) in [6.45, 7) is 3.74. The van der Waals surface area contributed by atoms with E-state index < -0.39 is 0 Å². The van der Waals surface area contributed by atoms with Crippen LogP contribution in [0.4, 0.5) is 0 Å². The highest BCUT2D eigenvalue weighted by atomic mass is 35.5. The predicted molar refractivity (Wildman–Crippen MR) is 121 cm³/mol. The van der Waals surface area contributed by atoms with Crippen LogP contribution in [0.1, 0.15) is 63.0 Å². The lowest BCUT2D eigenvalue weighted by atomic mass is 9.96. The minimum absolute atomic E-state index is 0.413. The summed E-state index contributed by atoms with van der Waals surface area (Å²) in [5, 5.41) is 5.01. The first-order chi connectivity index (χ1) is 14.2. The molecule has 0 atom stereocenters. The number of halogens is 2. The lowest BCUT2D eigenvalue weighted by molar-refractivity contribution is 0.269. The zero-order chi connectivity index (χ0) is 20.5. The van der Waals surface area contributed by atoms with E-state index in [-0.39, 0.29) is 0 Å². The summed E-state index contributed by atoms with van der Waals surface area (Å²) in [4.78, 5) is 0. The van der Waals surface area contributed by atoms with Crippen molar-refractivity contribution < 1.29 is 9.47 Å². The molecule has 0 aromatic heterocycles. The van der Waals surface area contributed by atoms with Crippen molar-refractivity contribution in [1.82, 2.24) is 5.32 Å². The minimum Gasteiger partial charge on any atom is -0.490 e. The Morgan fingerprint density at radius 3 is 2.28 bits per heavy atom. The maximum atomic E-state index is 6.58. The molecular formula is C24H31Cl2NO2. The zero-order valence-corrected chi connectivity index (χ0v) is 18.7. The first kappa shape index (κ1) is 22.3. The first-order valence-corrected chi connectivity index (χ1v) is 11.5. The molecule has 3 nitrogen and oxygen atoms in total. The molecule has 5 heteroatoms. The van der Waals surface area contributed by atoms with Gasteiger partial charge in [-0.05, 0) is 55.2 Å². The molecule has 1 saturated carbocycles. The van der Waals surface area contributed by atoms with Crippen molar-refractivity contribution >= 4 is 23.2 Å². The average Bonchev–Trinajstić information content (AvgIpc) is 2.68. The molecule has 1 fully saturated rings. The zero-order valence-electron chi connectivity index (χ0n) is 17.2. The highest BCUT2D eigenvalue weighted by Gasteiger charge is 2.15. The molecule has 0 saturated heterocycles. The van der Waals surface area contributed by atoms with Crippen LogP contribution in [0.5, 0.6) is 11.5 Å². The lowest BCUT2D eigenvalue weighted by Crippen LogP contribution is -2.29. The molecular weight excluding hydrogens is 405 g/mol. The third-order valence-electron chi connectivity index (χ3n) is 5.37. The molecule has 3 rings (SSSR count). The molecule has 2 aromatic rings. The van der Waals surface area contributed by atoms with Crippen LogP contribution in [0.25, 0.3) is 0 Å². The largest absolute Gasteiger partial charge is 0.490 e. The number of hydrogen-bond acceptors (Lipinski definition) is 3. The molecule has 0 radical (unpaired) electrons. The van der Waals surface area contributed by atoms with Crippen molar-refractivity contribution in [2.75, 3.05) is 6.61 Å². The SMILES string of the molecule is CCOc1cc(CNC2CCCCCCC2)cc(Cl)c1OCc1ccc(Cl)cc1. The van der Waals surface area contributed by atoms with Crippen LogP contribution in [0.3, 0.4) is 0 Å². The Labute approximate surface area is 184 Å². The van der Waals surface area contributed by atoms with Crippen molar-refractivity contribution in [3.8, 4) is 11.5 Å². The van der Waals surface area contributed by atoms with E-state index in [1.165, 1.54) is 44.9 Å². The summed E-state index contributed by atoms with van der Waals surface area (Å²) in [6.07, 6.45) is 9.26. The normalized spacial score (nSPS) is 15.6. The van der Waals surface area contributed by atoms with Crippen LogP contribution in [-0.2, 0) is 13.2 Å². The monoisotopic (exact) mass is 435 g/mol. The van der Waals surface area contributed by atoms with Crippen molar-refractivity contribution in [2.24, 2.45) is 0 Å². The predicted octanol–water partition coefficient (Wildman–Crippen LogP) is 7.17. The van der Waals surface area contributed by atoms with E-state index in [9.17, 15) is 0 Å². The van der Waals surface area contributed by atoms with Gasteiger partial charge in [0.1, 0.15) is 6.61 Å². The topological polar surface area (TPSA) is 30.5 Å². The smallest absolute Gasteiger partial charge is 0.180 e. The van der Waals surface area contributed by atoms with E-state index in [0.717, 1.165) is 17.7 Å². The standard InChI is InChI=1S/C24H31Cl2NO2/c1-2-28-23-15-19(16-27-21-8-6-4-3-5-7-9-21)14-22(26)24(23)29-17-18-10-12-20(25)13-11-18/h10-15,21,27H,2-9,16-17H2,1H3. The van der Waals surface area contributed by atoms with Gasteiger partial charge in [-0.1, -0.05) is 67.4 Å². The molecule has 0 spiro atoms. The number of nitrogens with one attached hydrogen (secondary N) is 1. The average molecular weight is 436 g/mol.